The SMILES string of the molecule is C=C(C)COc1ccc(C(=O)C(Cl)CC)cc1. The van der Waals surface area contributed by atoms with Gasteiger partial charge in [-0.2, -0.15) is 0 Å². The highest BCUT2D eigenvalue weighted by Gasteiger charge is 2.14. The van der Waals surface area contributed by atoms with Crippen LogP contribution < -0.4 is 4.74 Å². The molecule has 17 heavy (non-hydrogen) atoms. The van der Waals surface area contributed by atoms with Gasteiger partial charge in [-0.05, 0) is 43.2 Å². The van der Waals surface area contributed by atoms with Crippen LogP contribution >= 0.6 is 11.6 Å². The van der Waals surface area contributed by atoms with Crippen molar-refractivity contribution in [3.63, 3.8) is 0 Å². The number of hydrogen-bond donors (Lipinski definition) is 0. The predicted molar refractivity (Wildman–Crippen MR) is 71.0 cm³/mol. The Morgan fingerprint density at radius 3 is 2.47 bits per heavy atom. The fourth-order valence-corrected chi connectivity index (χ4v) is 1.41. The van der Waals surface area contributed by atoms with E-state index in [2.05, 4.69) is 6.58 Å². The standard InChI is InChI=1S/C14H17ClO2/c1-4-13(15)14(16)11-5-7-12(8-6-11)17-9-10(2)3/h5-8,13H,2,4,9H2,1,3H3. The van der Waals surface area contributed by atoms with Crippen molar-refractivity contribution < 1.29 is 9.53 Å². The number of ketones is 1. The second-order valence-electron chi connectivity index (χ2n) is 4.01. The molecule has 0 aliphatic carbocycles. The third-order valence-electron chi connectivity index (χ3n) is 2.27. The Labute approximate surface area is 107 Å². The van der Waals surface area contributed by atoms with Gasteiger partial charge in [0.1, 0.15) is 12.4 Å². The van der Waals surface area contributed by atoms with Crippen LogP contribution in [0, 0.1) is 0 Å². The minimum atomic E-state index is -0.447. The lowest BCUT2D eigenvalue weighted by atomic mass is 10.1. The molecule has 0 heterocycles. The quantitative estimate of drug-likeness (QED) is 0.437. The highest BCUT2D eigenvalue weighted by molar-refractivity contribution is 6.33. The number of carbonyl (C=O) groups excluding carboxylic acids is 1. The van der Waals surface area contributed by atoms with Gasteiger partial charge in [0.2, 0.25) is 0 Å². The van der Waals surface area contributed by atoms with Gasteiger partial charge in [-0.1, -0.05) is 13.5 Å². The van der Waals surface area contributed by atoms with Gasteiger partial charge in [0.15, 0.2) is 5.78 Å². The van der Waals surface area contributed by atoms with Crippen molar-refractivity contribution in [1.29, 1.82) is 0 Å². The fraction of sp³-hybridized carbons (Fsp3) is 0.357. The molecule has 0 bridgehead atoms. The van der Waals surface area contributed by atoms with Gasteiger partial charge in [-0.3, -0.25) is 4.79 Å². The van der Waals surface area contributed by atoms with Crippen molar-refractivity contribution in [2.75, 3.05) is 6.61 Å². The van der Waals surface area contributed by atoms with Crippen LogP contribution in [-0.2, 0) is 0 Å². The largest absolute Gasteiger partial charge is 0.489 e. The summed E-state index contributed by atoms with van der Waals surface area (Å²) >= 11 is 5.90. The van der Waals surface area contributed by atoms with E-state index in [-0.39, 0.29) is 5.78 Å². The molecule has 0 aliphatic heterocycles. The number of benzene rings is 1. The lowest BCUT2D eigenvalue weighted by molar-refractivity contribution is 0.0985. The molecular weight excluding hydrogens is 236 g/mol. The summed E-state index contributed by atoms with van der Waals surface area (Å²) in [6.07, 6.45) is 0.633. The van der Waals surface area contributed by atoms with Gasteiger partial charge in [0.05, 0.1) is 5.38 Å². The number of Topliss-reactive ketones (excluding diaryl/α,β-unsaturated/α-hetero) is 1. The first-order valence-electron chi connectivity index (χ1n) is 5.60. The van der Waals surface area contributed by atoms with Crippen LogP contribution in [-0.4, -0.2) is 17.8 Å². The Bertz CT molecular complexity index is 395. The van der Waals surface area contributed by atoms with E-state index < -0.39 is 5.38 Å². The highest BCUT2D eigenvalue weighted by Crippen LogP contribution is 2.16. The van der Waals surface area contributed by atoms with Crippen LogP contribution in [0.3, 0.4) is 0 Å². The van der Waals surface area contributed by atoms with Gasteiger partial charge >= 0.3 is 0 Å². The monoisotopic (exact) mass is 252 g/mol. The number of hydrogen-bond acceptors (Lipinski definition) is 2. The molecule has 0 radical (unpaired) electrons. The van der Waals surface area contributed by atoms with Crippen LogP contribution in [0.15, 0.2) is 36.4 Å². The second-order valence-corrected chi connectivity index (χ2v) is 4.54. The van der Waals surface area contributed by atoms with Gasteiger partial charge < -0.3 is 4.74 Å². The number of alkyl halides is 1. The van der Waals surface area contributed by atoms with E-state index in [1.165, 1.54) is 0 Å². The molecule has 0 saturated carbocycles. The van der Waals surface area contributed by atoms with Gasteiger partial charge in [-0.25, -0.2) is 0 Å². The first kappa shape index (κ1) is 13.8. The van der Waals surface area contributed by atoms with Crippen molar-refractivity contribution in [1.82, 2.24) is 0 Å². The lowest BCUT2D eigenvalue weighted by Crippen LogP contribution is -2.13. The molecule has 1 atom stereocenters. The summed E-state index contributed by atoms with van der Waals surface area (Å²) in [6.45, 7) is 8.03. The maximum atomic E-state index is 11.8. The van der Waals surface area contributed by atoms with Crippen LogP contribution in [0.25, 0.3) is 0 Å². The van der Waals surface area contributed by atoms with Crippen LogP contribution in [0.5, 0.6) is 5.75 Å². The second kappa shape index (κ2) is 6.45. The summed E-state index contributed by atoms with van der Waals surface area (Å²) in [5.41, 5.74) is 1.58. The number of halogens is 1. The van der Waals surface area contributed by atoms with Crippen molar-refractivity contribution in [3.05, 3.63) is 42.0 Å². The summed E-state index contributed by atoms with van der Waals surface area (Å²) in [6, 6.07) is 7.02. The zero-order valence-electron chi connectivity index (χ0n) is 10.2. The average Bonchev–Trinajstić information content (AvgIpc) is 2.35. The normalized spacial score (nSPS) is 11.9. The maximum Gasteiger partial charge on any atom is 0.180 e. The molecule has 2 nitrogen and oxygen atoms in total. The van der Waals surface area contributed by atoms with E-state index in [9.17, 15) is 4.79 Å². The number of carbonyl (C=O) groups is 1. The lowest BCUT2D eigenvalue weighted by Gasteiger charge is -2.08. The van der Waals surface area contributed by atoms with Crippen molar-refractivity contribution in [2.24, 2.45) is 0 Å². The molecule has 0 aromatic heterocycles. The summed E-state index contributed by atoms with van der Waals surface area (Å²) in [5.74, 6) is 0.688. The molecule has 1 aromatic carbocycles. The summed E-state index contributed by atoms with van der Waals surface area (Å²) in [5, 5.41) is -0.447. The summed E-state index contributed by atoms with van der Waals surface area (Å²) < 4.78 is 5.45. The first-order chi connectivity index (χ1) is 8.04. The third-order valence-corrected chi connectivity index (χ3v) is 2.77. The smallest absolute Gasteiger partial charge is 0.180 e. The van der Waals surface area contributed by atoms with E-state index in [1.54, 1.807) is 24.3 Å². The predicted octanol–water partition coefficient (Wildman–Crippen LogP) is 3.84. The molecule has 0 spiro atoms. The van der Waals surface area contributed by atoms with E-state index in [0.29, 0.717) is 18.6 Å². The molecule has 1 unspecified atom stereocenters. The zero-order chi connectivity index (χ0) is 12.8. The molecule has 1 aromatic rings. The van der Waals surface area contributed by atoms with Gasteiger partial charge in [0.25, 0.3) is 0 Å². The molecule has 0 fully saturated rings. The Hall–Kier alpha value is -1.28. The van der Waals surface area contributed by atoms with Crippen molar-refractivity contribution in [2.45, 2.75) is 25.6 Å². The molecule has 1 rings (SSSR count). The molecule has 92 valence electrons. The molecular formula is C14H17ClO2. The van der Waals surface area contributed by atoms with E-state index in [1.807, 2.05) is 13.8 Å². The van der Waals surface area contributed by atoms with Crippen molar-refractivity contribution in [3.8, 4) is 5.75 Å². The molecule has 0 amide bonds. The van der Waals surface area contributed by atoms with Crippen LogP contribution in [0.4, 0.5) is 0 Å². The number of ether oxygens (including phenoxy) is 1. The van der Waals surface area contributed by atoms with E-state index in [4.69, 9.17) is 16.3 Å². The van der Waals surface area contributed by atoms with Gasteiger partial charge in [0, 0.05) is 5.56 Å². The minimum Gasteiger partial charge on any atom is -0.489 e. The Morgan fingerprint density at radius 1 is 1.41 bits per heavy atom. The number of rotatable bonds is 6. The van der Waals surface area contributed by atoms with Crippen molar-refractivity contribution >= 4 is 17.4 Å². The van der Waals surface area contributed by atoms with E-state index in [0.717, 1.165) is 11.3 Å². The Kier molecular flexibility index (Phi) is 5.23. The Balaban J connectivity index is 2.67. The molecule has 0 aliphatic rings. The molecule has 0 saturated heterocycles. The highest BCUT2D eigenvalue weighted by atomic mass is 35.5. The Morgan fingerprint density at radius 2 is 2.00 bits per heavy atom. The van der Waals surface area contributed by atoms with Crippen LogP contribution in [0.2, 0.25) is 0 Å². The van der Waals surface area contributed by atoms with E-state index >= 15 is 0 Å². The first-order valence-corrected chi connectivity index (χ1v) is 6.03. The fourth-order valence-electron chi connectivity index (χ4n) is 1.29. The van der Waals surface area contributed by atoms with Crippen LogP contribution in [0.1, 0.15) is 30.6 Å². The third kappa shape index (κ3) is 4.23. The summed E-state index contributed by atoms with van der Waals surface area (Å²) in [4.78, 5) is 11.8. The topological polar surface area (TPSA) is 26.3 Å². The average molecular weight is 253 g/mol. The maximum absolute atomic E-state index is 11.8. The minimum absolute atomic E-state index is 0.0411. The molecule has 0 N–H and O–H groups in total. The summed E-state index contributed by atoms with van der Waals surface area (Å²) in [7, 11) is 0. The zero-order valence-corrected chi connectivity index (χ0v) is 11.0. The molecule has 3 heteroatoms. The van der Waals surface area contributed by atoms with Gasteiger partial charge in [-0.15, -0.1) is 11.6 Å².